The van der Waals surface area contributed by atoms with E-state index in [1.165, 1.54) is 32.1 Å². The normalized spacial score (nSPS) is 31.0. The summed E-state index contributed by atoms with van der Waals surface area (Å²) in [5.41, 5.74) is 1.32. The molecule has 1 aliphatic carbocycles. The number of hydrogen-bond acceptors (Lipinski definition) is 1. The fraction of sp³-hybridized carbons (Fsp3) is 0.529. The van der Waals surface area contributed by atoms with Crippen LogP contribution in [0.4, 0.5) is 0 Å². The molecule has 2 aliphatic rings. The van der Waals surface area contributed by atoms with Crippen molar-refractivity contribution in [3.8, 4) is 11.8 Å². The summed E-state index contributed by atoms with van der Waals surface area (Å²) in [7, 11) is 0. The SMILES string of the molecule is C(#C[C@@H]1CC[C@]2(CCCCO2)C1)c1ccccc1. The minimum Gasteiger partial charge on any atom is -0.375 e. The fourth-order valence-corrected chi connectivity index (χ4v) is 3.19. The predicted octanol–water partition coefficient (Wildman–Crippen LogP) is 3.78. The van der Waals surface area contributed by atoms with Gasteiger partial charge in [0.2, 0.25) is 0 Å². The molecular weight excluding hydrogens is 220 g/mol. The van der Waals surface area contributed by atoms with Gasteiger partial charge in [0.05, 0.1) is 5.60 Å². The zero-order valence-electron chi connectivity index (χ0n) is 10.8. The fourth-order valence-electron chi connectivity index (χ4n) is 3.19. The van der Waals surface area contributed by atoms with E-state index in [4.69, 9.17) is 4.74 Å². The smallest absolute Gasteiger partial charge is 0.0694 e. The van der Waals surface area contributed by atoms with Crippen LogP contribution in [0.2, 0.25) is 0 Å². The lowest BCUT2D eigenvalue weighted by Crippen LogP contribution is -2.33. The van der Waals surface area contributed by atoms with Crippen LogP contribution in [0.15, 0.2) is 30.3 Å². The third-order valence-corrected chi connectivity index (χ3v) is 4.20. The summed E-state index contributed by atoms with van der Waals surface area (Å²) in [5, 5.41) is 0. The summed E-state index contributed by atoms with van der Waals surface area (Å²) in [5.74, 6) is 7.27. The molecule has 0 radical (unpaired) electrons. The third-order valence-electron chi connectivity index (χ3n) is 4.20. The van der Waals surface area contributed by atoms with Gasteiger partial charge in [-0.15, -0.1) is 0 Å². The molecule has 0 bridgehead atoms. The van der Waals surface area contributed by atoms with Crippen molar-refractivity contribution >= 4 is 0 Å². The van der Waals surface area contributed by atoms with Crippen molar-refractivity contribution in [1.29, 1.82) is 0 Å². The van der Waals surface area contributed by atoms with E-state index < -0.39 is 0 Å². The summed E-state index contributed by atoms with van der Waals surface area (Å²) >= 11 is 0. The Bertz CT molecular complexity index is 445. The molecule has 1 saturated carbocycles. The molecule has 1 aromatic carbocycles. The predicted molar refractivity (Wildman–Crippen MR) is 73.2 cm³/mol. The van der Waals surface area contributed by atoms with E-state index in [9.17, 15) is 0 Å². The molecule has 2 fully saturated rings. The Labute approximate surface area is 110 Å². The van der Waals surface area contributed by atoms with Gasteiger partial charge in [0.15, 0.2) is 0 Å². The second-order valence-corrected chi connectivity index (χ2v) is 5.56. The average molecular weight is 240 g/mol. The second kappa shape index (κ2) is 5.16. The highest BCUT2D eigenvalue weighted by Gasteiger charge is 2.40. The molecule has 0 aromatic heterocycles. The van der Waals surface area contributed by atoms with Crippen LogP contribution < -0.4 is 0 Å². The number of hydrogen-bond donors (Lipinski definition) is 0. The Balaban J connectivity index is 1.64. The number of rotatable bonds is 0. The lowest BCUT2D eigenvalue weighted by Gasteiger charge is -2.33. The van der Waals surface area contributed by atoms with Crippen molar-refractivity contribution in [1.82, 2.24) is 0 Å². The highest BCUT2D eigenvalue weighted by molar-refractivity contribution is 5.34. The van der Waals surface area contributed by atoms with Crippen LogP contribution in [0.1, 0.15) is 44.1 Å². The summed E-state index contributed by atoms with van der Waals surface area (Å²) in [6.45, 7) is 0.957. The van der Waals surface area contributed by atoms with Gasteiger partial charge in [0, 0.05) is 18.1 Å². The van der Waals surface area contributed by atoms with Crippen molar-refractivity contribution in [3.05, 3.63) is 35.9 Å². The van der Waals surface area contributed by atoms with Gasteiger partial charge in [0.1, 0.15) is 0 Å². The summed E-state index contributed by atoms with van der Waals surface area (Å²) in [4.78, 5) is 0. The molecule has 1 heterocycles. The standard InChI is InChI=1S/C17H20O/c1-2-6-15(7-3-1)8-9-16-10-12-17(14-16)11-4-5-13-18-17/h1-3,6-7,16H,4-5,10-14H2/t16-,17-/m1/s1. The number of ether oxygens (including phenoxy) is 1. The Morgan fingerprint density at radius 1 is 1.11 bits per heavy atom. The van der Waals surface area contributed by atoms with Gasteiger partial charge in [0.25, 0.3) is 0 Å². The Kier molecular flexibility index (Phi) is 3.39. The van der Waals surface area contributed by atoms with Crippen LogP contribution >= 0.6 is 0 Å². The quantitative estimate of drug-likeness (QED) is 0.627. The van der Waals surface area contributed by atoms with Crippen molar-refractivity contribution in [3.63, 3.8) is 0 Å². The molecular formula is C17H20O. The van der Waals surface area contributed by atoms with Gasteiger partial charge >= 0.3 is 0 Å². The van der Waals surface area contributed by atoms with E-state index in [-0.39, 0.29) is 5.60 Å². The molecule has 1 aliphatic heterocycles. The monoisotopic (exact) mass is 240 g/mol. The zero-order valence-corrected chi connectivity index (χ0v) is 10.8. The molecule has 0 N–H and O–H groups in total. The van der Waals surface area contributed by atoms with Crippen LogP contribution in [0, 0.1) is 17.8 Å². The molecule has 1 heteroatoms. The van der Waals surface area contributed by atoms with Crippen LogP contribution in [-0.4, -0.2) is 12.2 Å². The molecule has 1 aromatic rings. The average Bonchev–Trinajstić information content (AvgIpc) is 2.82. The van der Waals surface area contributed by atoms with Crippen LogP contribution in [0.5, 0.6) is 0 Å². The first-order valence-corrected chi connectivity index (χ1v) is 7.07. The molecule has 1 nitrogen and oxygen atoms in total. The summed E-state index contributed by atoms with van der Waals surface area (Å²) in [6, 6.07) is 10.3. The largest absolute Gasteiger partial charge is 0.375 e. The summed E-state index contributed by atoms with van der Waals surface area (Å²) < 4.78 is 6.04. The zero-order chi connectivity index (χ0) is 12.3. The lowest BCUT2D eigenvalue weighted by molar-refractivity contribution is -0.0742. The van der Waals surface area contributed by atoms with E-state index in [2.05, 4.69) is 24.0 Å². The maximum absolute atomic E-state index is 6.04. The van der Waals surface area contributed by atoms with Crippen LogP contribution in [-0.2, 0) is 4.74 Å². The molecule has 18 heavy (non-hydrogen) atoms. The van der Waals surface area contributed by atoms with Gasteiger partial charge in [-0.3, -0.25) is 0 Å². The van der Waals surface area contributed by atoms with Gasteiger partial charge in [-0.1, -0.05) is 30.0 Å². The number of benzene rings is 1. The van der Waals surface area contributed by atoms with E-state index >= 15 is 0 Å². The van der Waals surface area contributed by atoms with Crippen molar-refractivity contribution < 1.29 is 4.74 Å². The van der Waals surface area contributed by atoms with E-state index in [0.29, 0.717) is 5.92 Å². The Morgan fingerprint density at radius 3 is 2.78 bits per heavy atom. The maximum Gasteiger partial charge on any atom is 0.0694 e. The van der Waals surface area contributed by atoms with Crippen molar-refractivity contribution in [2.75, 3.05) is 6.61 Å². The minimum atomic E-state index is 0.189. The first-order valence-electron chi connectivity index (χ1n) is 7.07. The topological polar surface area (TPSA) is 9.23 Å². The Morgan fingerprint density at radius 2 is 2.00 bits per heavy atom. The molecule has 0 amide bonds. The van der Waals surface area contributed by atoms with E-state index in [1.807, 2.05) is 18.2 Å². The second-order valence-electron chi connectivity index (χ2n) is 5.56. The molecule has 0 unspecified atom stereocenters. The first kappa shape index (κ1) is 11.8. The summed E-state index contributed by atoms with van der Waals surface area (Å²) in [6.07, 6.45) is 7.38. The molecule has 1 saturated heterocycles. The van der Waals surface area contributed by atoms with Gasteiger partial charge in [-0.25, -0.2) is 0 Å². The van der Waals surface area contributed by atoms with Gasteiger partial charge in [-0.05, 0) is 50.7 Å². The van der Waals surface area contributed by atoms with Crippen molar-refractivity contribution in [2.24, 2.45) is 5.92 Å². The highest BCUT2D eigenvalue weighted by atomic mass is 16.5. The van der Waals surface area contributed by atoms with E-state index in [1.54, 1.807) is 0 Å². The van der Waals surface area contributed by atoms with Crippen molar-refractivity contribution in [2.45, 2.75) is 44.1 Å². The molecule has 3 rings (SSSR count). The molecule has 94 valence electrons. The maximum atomic E-state index is 6.04. The highest BCUT2D eigenvalue weighted by Crippen LogP contribution is 2.42. The lowest BCUT2D eigenvalue weighted by atomic mass is 9.91. The minimum absolute atomic E-state index is 0.189. The van der Waals surface area contributed by atoms with Gasteiger partial charge < -0.3 is 4.74 Å². The third kappa shape index (κ3) is 2.60. The molecule has 2 atom stereocenters. The van der Waals surface area contributed by atoms with Crippen LogP contribution in [0.25, 0.3) is 0 Å². The van der Waals surface area contributed by atoms with Crippen LogP contribution in [0.3, 0.4) is 0 Å². The Hall–Kier alpha value is -1.26. The first-order chi connectivity index (χ1) is 8.86. The van der Waals surface area contributed by atoms with E-state index in [0.717, 1.165) is 18.6 Å². The van der Waals surface area contributed by atoms with Gasteiger partial charge in [-0.2, -0.15) is 0 Å². The molecule has 1 spiro atoms.